The fraction of sp³-hybridized carbons (Fsp3) is 0.125. The molecule has 0 aliphatic carbocycles. The highest BCUT2D eigenvalue weighted by Crippen LogP contribution is 2.40. The first kappa shape index (κ1) is 20.0. The molecule has 3 rings (SSSR count). The number of nitrogens with one attached hydrogen (secondary N) is 2. The van der Waals surface area contributed by atoms with Gasteiger partial charge in [0.15, 0.2) is 10.3 Å². The third-order valence-corrected chi connectivity index (χ3v) is 6.39. The van der Waals surface area contributed by atoms with Crippen LogP contribution in [0.2, 0.25) is 0 Å². The Morgan fingerprint density at radius 2 is 1.56 bits per heavy atom. The van der Waals surface area contributed by atoms with Gasteiger partial charge in [-0.25, -0.2) is 4.39 Å². The molecule has 6 N–H and O–H groups in total. The summed E-state index contributed by atoms with van der Waals surface area (Å²) >= 11 is 4.08. The third-order valence-electron chi connectivity index (χ3n) is 3.49. The number of hydrogen-bond acceptors (Lipinski definition) is 5. The maximum Gasteiger partial charge on any atom is 0.151 e. The van der Waals surface area contributed by atoms with E-state index in [-0.39, 0.29) is 33.1 Å². The monoisotopic (exact) mass is 458 g/mol. The Bertz CT molecular complexity index is 957. The zero-order valence-electron chi connectivity index (χ0n) is 13.0. The van der Waals surface area contributed by atoms with E-state index < -0.39 is 0 Å². The van der Waals surface area contributed by atoms with Gasteiger partial charge in [0.2, 0.25) is 0 Å². The van der Waals surface area contributed by atoms with E-state index >= 15 is 0 Å². The van der Waals surface area contributed by atoms with Crippen molar-refractivity contribution in [2.45, 2.75) is 11.5 Å². The number of thioether (sulfide) groups is 2. The summed E-state index contributed by atoms with van der Waals surface area (Å²) in [5.41, 5.74) is 12.8. The van der Waals surface area contributed by atoms with Crippen LogP contribution >= 0.6 is 51.8 Å². The maximum atomic E-state index is 14.0. The molecule has 0 fully saturated rings. The van der Waals surface area contributed by atoms with Gasteiger partial charge in [-0.05, 0) is 23.3 Å². The summed E-state index contributed by atoms with van der Waals surface area (Å²) in [6, 6.07) is 9.00. The highest BCUT2D eigenvalue weighted by molar-refractivity contribution is 8.93. The number of benzene rings is 2. The molecule has 4 nitrogen and oxygen atoms in total. The molecule has 0 radical (unpaired) electrons. The first-order valence-electron chi connectivity index (χ1n) is 7.02. The minimum atomic E-state index is -0.287. The molecule has 1 heterocycles. The highest BCUT2D eigenvalue weighted by Gasteiger charge is 2.14. The Balaban J connectivity index is 0.00000225. The van der Waals surface area contributed by atoms with Crippen molar-refractivity contribution < 1.29 is 4.39 Å². The van der Waals surface area contributed by atoms with E-state index in [4.69, 9.17) is 22.3 Å². The van der Waals surface area contributed by atoms with Gasteiger partial charge in [-0.15, -0.1) is 28.3 Å². The van der Waals surface area contributed by atoms with Gasteiger partial charge in [-0.2, -0.15) is 0 Å². The van der Waals surface area contributed by atoms with Gasteiger partial charge in [0.25, 0.3) is 0 Å². The van der Waals surface area contributed by atoms with Crippen molar-refractivity contribution in [3.05, 3.63) is 47.3 Å². The van der Waals surface area contributed by atoms with E-state index in [0.29, 0.717) is 11.5 Å². The lowest BCUT2D eigenvalue weighted by molar-refractivity contribution is 0.629. The predicted molar refractivity (Wildman–Crippen MR) is 116 cm³/mol. The molecule has 2 aromatic carbocycles. The Morgan fingerprint density at radius 3 is 2.20 bits per heavy atom. The van der Waals surface area contributed by atoms with Crippen molar-refractivity contribution in [3.63, 3.8) is 0 Å². The van der Waals surface area contributed by atoms with Gasteiger partial charge in [0, 0.05) is 31.7 Å². The van der Waals surface area contributed by atoms with Crippen LogP contribution in [0.5, 0.6) is 0 Å². The lowest BCUT2D eigenvalue weighted by Gasteiger charge is -2.03. The van der Waals surface area contributed by atoms with Gasteiger partial charge >= 0.3 is 0 Å². The van der Waals surface area contributed by atoms with Crippen LogP contribution < -0.4 is 11.5 Å². The minimum Gasteiger partial charge on any atom is -0.379 e. The summed E-state index contributed by atoms with van der Waals surface area (Å²) in [7, 11) is 0. The molecule has 0 saturated carbocycles. The van der Waals surface area contributed by atoms with Gasteiger partial charge in [-0.3, -0.25) is 10.8 Å². The lowest BCUT2D eigenvalue weighted by Crippen LogP contribution is -2.03. The average molecular weight is 459 g/mol. The standard InChI is InChI=1S/C16H15FN4S3.BrH/c17-10-4-9(7-23-16(20)21)14-12(5-10)11-3-1-2-8(13(11)24-14)6-22-15(18)19;/h1-5H,6-7H2,(H3,18,19)(H3,20,21);1H. The van der Waals surface area contributed by atoms with Crippen LogP contribution in [0.25, 0.3) is 20.2 Å². The zero-order valence-corrected chi connectivity index (χ0v) is 17.1. The van der Waals surface area contributed by atoms with Crippen LogP contribution in [0, 0.1) is 16.6 Å². The SMILES string of the molecule is Br.N=C(N)SCc1cccc2c1sc1c(CSC(=N)N)cc(F)cc12. The number of rotatable bonds is 4. The lowest BCUT2D eigenvalue weighted by atomic mass is 10.1. The van der Waals surface area contributed by atoms with Crippen molar-refractivity contribution in [1.82, 2.24) is 0 Å². The molecule has 9 heteroatoms. The minimum absolute atomic E-state index is 0. The Morgan fingerprint density at radius 1 is 0.960 bits per heavy atom. The third kappa shape index (κ3) is 4.46. The highest BCUT2D eigenvalue weighted by atomic mass is 79.9. The smallest absolute Gasteiger partial charge is 0.151 e. The number of thiophene rings is 1. The van der Waals surface area contributed by atoms with E-state index in [1.807, 2.05) is 18.2 Å². The van der Waals surface area contributed by atoms with Crippen LogP contribution in [-0.2, 0) is 11.5 Å². The second-order valence-electron chi connectivity index (χ2n) is 5.14. The van der Waals surface area contributed by atoms with Crippen molar-refractivity contribution in [1.29, 1.82) is 10.8 Å². The molecule has 0 unspecified atom stereocenters. The first-order valence-corrected chi connectivity index (χ1v) is 9.80. The molecule has 25 heavy (non-hydrogen) atoms. The molecule has 3 aromatic rings. The maximum absolute atomic E-state index is 14.0. The topological polar surface area (TPSA) is 99.7 Å². The number of hydrogen-bond donors (Lipinski definition) is 4. The summed E-state index contributed by atoms with van der Waals surface area (Å²) in [6.07, 6.45) is 0. The molecule has 0 amide bonds. The van der Waals surface area contributed by atoms with E-state index in [9.17, 15) is 4.39 Å². The molecule has 0 aliphatic heterocycles. The van der Waals surface area contributed by atoms with Crippen LogP contribution in [0.3, 0.4) is 0 Å². The fourth-order valence-corrected chi connectivity index (χ4v) is 5.10. The number of halogens is 2. The van der Waals surface area contributed by atoms with Crippen LogP contribution in [-0.4, -0.2) is 10.3 Å². The zero-order chi connectivity index (χ0) is 17.3. The average Bonchev–Trinajstić information content (AvgIpc) is 2.89. The van der Waals surface area contributed by atoms with Crippen molar-refractivity contribution in [2.24, 2.45) is 11.5 Å². The van der Waals surface area contributed by atoms with Crippen molar-refractivity contribution >= 4 is 82.3 Å². The number of amidine groups is 2. The second-order valence-corrected chi connectivity index (χ2v) is 8.20. The quantitative estimate of drug-likeness (QED) is 0.325. The largest absolute Gasteiger partial charge is 0.379 e. The van der Waals surface area contributed by atoms with Gasteiger partial charge < -0.3 is 11.5 Å². The predicted octanol–water partition coefficient (Wildman–Crippen LogP) is 5.02. The molecule has 0 aliphatic rings. The summed E-state index contributed by atoms with van der Waals surface area (Å²) in [4.78, 5) is 0. The van der Waals surface area contributed by atoms with E-state index in [2.05, 4.69) is 0 Å². The Kier molecular flexibility index (Phi) is 6.72. The van der Waals surface area contributed by atoms with Crippen LogP contribution in [0.15, 0.2) is 30.3 Å². The summed E-state index contributed by atoms with van der Waals surface area (Å²) in [5, 5.41) is 16.7. The normalized spacial score (nSPS) is 10.8. The van der Waals surface area contributed by atoms with E-state index in [1.54, 1.807) is 17.4 Å². The molecular formula is C16H16BrFN4S3. The van der Waals surface area contributed by atoms with Crippen molar-refractivity contribution in [3.8, 4) is 0 Å². The Hall–Kier alpha value is -1.29. The molecular weight excluding hydrogens is 443 g/mol. The van der Waals surface area contributed by atoms with E-state index in [1.165, 1.54) is 29.6 Å². The van der Waals surface area contributed by atoms with E-state index in [0.717, 1.165) is 31.3 Å². The van der Waals surface area contributed by atoms with Gasteiger partial charge in [0.05, 0.1) is 0 Å². The molecule has 0 saturated heterocycles. The molecule has 132 valence electrons. The molecule has 0 spiro atoms. The molecule has 1 aromatic heterocycles. The first-order chi connectivity index (χ1) is 11.5. The second kappa shape index (κ2) is 8.39. The number of nitrogens with two attached hydrogens (primary N) is 2. The van der Waals surface area contributed by atoms with Crippen molar-refractivity contribution in [2.75, 3.05) is 0 Å². The number of fused-ring (bicyclic) bond motifs is 3. The molecule has 0 bridgehead atoms. The Labute approximate surface area is 167 Å². The summed E-state index contributed by atoms with van der Waals surface area (Å²) < 4.78 is 16.1. The van der Waals surface area contributed by atoms with Gasteiger partial charge in [-0.1, -0.05) is 41.7 Å². The fourth-order valence-electron chi connectivity index (χ4n) is 2.52. The summed E-state index contributed by atoms with van der Waals surface area (Å²) in [6.45, 7) is 0. The molecule has 0 atom stereocenters. The van der Waals surface area contributed by atoms with Crippen LogP contribution in [0.1, 0.15) is 11.1 Å². The van der Waals surface area contributed by atoms with Crippen LogP contribution in [0.4, 0.5) is 4.39 Å². The van der Waals surface area contributed by atoms with Gasteiger partial charge in [0.1, 0.15) is 5.82 Å². The summed E-state index contributed by atoms with van der Waals surface area (Å²) in [5.74, 6) is 0.790.